The Hall–Kier alpha value is -0.830. The van der Waals surface area contributed by atoms with Crippen molar-refractivity contribution in [2.45, 2.75) is 38.1 Å². The summed E-state index contributed by atoms with van der Waals surface area (Å²) in [4.78, 5) is 11.0. The van der Waals surface area contributed by atoms with Crippen LogP contribution in [0, 0.1) is 0 Å². The van der Waals surface area contributed by atoms with Gasteiger partial charge in [0, 0.05) is 12.1 Å². The summed E-state index contributed by atoms with van der Waals surface area (Å²) in [6.07, 6.45) is 6.03. The van der Waals surface area contributed by atoms with Crippen LogP contribution in [0.3, 0.4) is 0 Å². The molecule has 0 aromatic carbocycles. The molecule has 1 aromatic heterocycles. The molecule has 1 aliphatic rings. The van der Waals surface area contributed by atoms with E-state index in [2.05, 4.69) is 28.7 Å². The standard InChI is InChI=1S/C11H16ClN3/c1-11(2)4-3-5-15(11)10-8-13-9(6-12)7-14-10/h7-8H,3-6H2,1-2H3. The van der Waals surface area contributed by atoms with E-state index in [1.54, 1.807) is 6.20 Å². The lowest BCUT2D eigenvalue weighted by Crippen LogP contribution is -2.38. The predicted molar refractivity (Wildman–Crippen MR) is 62.2 cm³/mol. The number of halogens is 1. The van der Waals surface area contributed by atoms with Crippen LogP contribution < -0.4 is 4.90 Å². The van der Waals surface area contributed by atoms with Gasteiger partial charge in [-0.3, -0.25) is 4.98 Å². The van der Waals surface area contributed by atoms with Gasteiger partial charge in [-0.05, 0) is 26.7 Å². The van der Waals surface area contributed by atoms with E-state index in [4.69, 9.17) is 11.6 Å². The molecule has 1 aliphatic heterocycles. The Labute approximate surface area is 95.5 Å². The van der Waals surface area contributed by atoms with Crippen LogP contribution in [0.5, 0.6) is 0 Å². The molecule has 1 saturated heterocycles. The van der Waals surface area contributed by atoms with E-state index in [1.807, 2.05) is 6.20 Å². The lowest BCUT2D eigenvalue weighted by Gasteiger charge is -2.32. The molecule has 2 heterocycles. The Kier molecular flexibility index (Phi) is 2.83. The summed E-state index contributed by atoms with van der Waals surface area (Å²) in [7, 11) is 0. The van der Waals surface area contributed by atoms with Gasteiger partial charge in [-0.1, -0.05) is 0 Å². The molecule has 0 N–H and O–H groups in total. The first kappa shape index (κ1) is 10.7. The van der Waals surface area contributed by atoms with E-state index in [-0.39, 0.29) is 5.54 Å². The van der Waals surface area contributed by atoms with E-state index >= 15 is 0 Å². The van der Waals surface area contributed by atoms with Crippen molar-refractivity contribution in [3.05, 3.63) is 18.1 Å². The first-order valence-corrected chi connectivity index (χ1v) is 5.81. The molecule has 0 atom stereocenters. The van der Waals surface area contributed by atoms with Crippen LogP contribution in [0.2, 0.25) is 0 Å². The highest BCUT2D eigenvalue weighted by atomic mass is 35.5. The number of hydrogen-bond acceptors (Lipinski definition) is 3. The molecule has 2 rings (SSSR count). The fourth-order valence-electron chi connectivity index (χ4n) is 2.09. The van der Waals surface area contributed by atoms with Crippen LogP contribution in [0.4, 0.5) is 5.82 Å². The number of rotatable bonds is 2. The van der Waals surface area contributed by atoms with Crippen molar-refractivity contribution >= 4 is 17.4 Å². The molecule has 4 heteroatoms. The molecule has 15 heavy (non-hydrogen) atoms. The zero-order valence-corrected chi connectivity index (χ0v) is 9.96. The molecule has 1 aromatic rings. The minimum absolute atomic E-state index is 0.206. The Balaban J connectivity index is 2.22. The Bertz CT molecular complexity index is 334. The van der Waals surface area contributed by atoms with E-state index in [1.165, 1.54) is 12.8 Å². The summed E-state index contributed by atoms with van der Waals surface area (Å²) in [6.45, 7) is 5.57. The maximum absolute atomic E-state index is 5.68. The van der Waals surface area contributed by atoms with Crippen molar-refractivity contribution in [2.75, 3.05) is 11.4 Å². The molecular formula is C11H16ClN3. The molecule has 0 spiro atoms. The topological polar surface area (TPSA) is 29.0 Å². The second kappa shape index (κ2) is 3.97. The number of anilines is 1. The Morgan fingerprint density at radius 2 is 2.20 bits per heavy atom. The van der Waals surface area contributed by atoms with Crippen molar-refractivity contribution in [1.82, 2.24) is 9.97 Å². The third kappa shape index (κ3) is 2.07. The van der Waals surface area contributed by atoms with Gasteiger partial charge >= 0.3 is 0 Å². The van der Waals surface area contributed by atoms with Crippen molar-refractivity contribution < 1.29 is 0 Å². The summed E-state index contributed by atoms with van der Waals surface area (Å²) < 4.78 is 0. The zero-order valence-electron chi connectivity index (χ0n) is 9.20. The molecule has 0 radical (unpaired) electrons. The third-order valence-electron chi connectivity index (χ3n) is 3.01. The largest absolute Gasteiger partial charge is 0.350 e. The van der Waals surface area contributed by atoms with E-state index < -0.39 is 0 Å². The van der Waals surface area contributed by atoms with Gasteiger partial charge in [-0.15, -0.1) is 11.6 Å². The van der Waals surface area contributed by atoms with Gasteiger partial charge in [0.2, 0.25) is 0 Å². The fourth-order valence-corrected chi connectivity index (χ4v) is 2.23. The molecule has 3 nitrogen and oxygen atoms in total. The minimum atomic E-state index is 0.206. The summed E-state index contributed by atoms with van der Waals surface area (Å²) in [5, 5.41) is 0. The lowest BCUT2D eigenvalue weighted by molar-refractivity contribution is 0.513. The molecular weight excluding hydrogens is 210 g/mol. The quantitative estimate of drug-likeness (QED) is 0.725. The maximum atomic E-state index is 5.68. The highest BCUT2D eigenvalue weighted by molar-refractivity contribution is 6.16. The van der Waals surface area contributed by atoms with Gasteiger partial charge in [0.05, 0.1) is 24.0 Å². The first-order chi connectivity index (χ1) is 7.13. The molecule has 82 valence electrons. The molecule has 1 fully saturated rings. The van der Waals surface area contributed by atoms with Crippen LogP contribution >= 0.6 is 11.6 Å². The summed E-state index contributed by atoms with van der Waals surface area (Å²) in [6, 6.07) is 0. The summed E-state index contributed by atoms with van der Waals surface area (Å²) >= 11 is 5.68. The van der Waals surface area contributed by atoms with Crippen LogP contribution in [0.25, 0.3) is 0 Å². The summed E-state index contributed by atoms with van der Waals surface area (Å²) in [5.74, 6) is 1.39. The van der Waals surface area contributed by atoms with E-state index in [0.717, 1.165) is 18.1 Å². The van der Waals surface area contributed by atoms with Gasteiger partial charge in [-0.2, -0.15) is 0 Å². The average Bonchev–Trinajstić information content (AvgIpc) is 2.58. The number of nitrogens with zero attached hydrogens (tertiary/aromatic N) is 3. The average molecular weight is 226 g/mol. The highest BCUT2D eigenvalue weighted by Crippen LogP contribution is 2.31. The second-order valence-corrected chi connectivity index (χ2v) is 4.83. The van der Waals surface area contributed by atoms with Crippen LogP contribution in [-0.4, -0.2) is 22.1 Å². The predicted octanol–water partition coefficient (Wildman–Crippen LogP) is 2.59. The number of alkyl halides is 1. The second-order valence-electron chi connectivity index (χ2n) is 4.57. The molecule has 0 saturated carbocycles. The van der Waals surface area contributed by atoms with Gasteiger partial charge < -0.3 is 4.90 Å². The first-order valence-electron chi connectivity index (χ1n) is 5.28. The van der Waals surface area contributed by atoms with Crippen molar-refractivity contribution in [2.24, 2.45) is 0 Å². The van der Waals surface area contributed by atoms with Crippen molar-refractivity contribution in [3.8, 4) is 0 Å². The molecule has 0 aliphatic carbocycles. The summed E-state index contributed by atoms with van der Waals surface area (Å²) in [5.41, 5.74) is 1.04. The molecule has 0 unspecified atom stereocenters. The maximum Gasteiger partial charge on any atom is 0.147 e. The fraction of sp³-hybridized carbons (Fsp3) is 0.636. The highest BCUT2D eigenvalue weighted by Gasteiger charge is 2.32. The van der Waals surface area contributed by atoms with Gasteiger partial charge in [0.15, 0.2) is 0 Å². The SMILES string of the molecule is CC1(C)CCCN1c1cnc(CCl)cn1. The molecule has 0 bridgehead atoms. The van der Waals surface area contributed by atoms with Gasteiger partial charge in [0.25, 0.3) is 0 Å². The monoisotopic (exact) mass is 225 g/mol. The Morgan fingerprint density at radius 1 is 1.40 bits per heavy atom. The molecule has 0 amide bonds. The normalized spacial score (nSPS) is 19.5. The number of aromatic nitrogens is 2. The van der Waals surface area contributed by atoms with Gasteiger partial charge in [-0.25, -0.2) is 4.98 Å². The number of hydrogen-bond donors (Lipinski definition) is 0. The van der Waals surface area contributed by atoms with Crippen molar-refractivity contribution in [1.29, 1.82) is 0 Å². The van der Waals surface area contributed by atoms with Crippen LogP contribution in [0.15, 0.2) is 12.4 Å². The third-order valence-corrected chi connectivity index (χ3v) is 3.28. The van der Waals surface area contributed by atoms with Crippen LogP contribution in [0.1, 0.15) is 32.4 Å². The van der Waals surface area contributed by atoms with E-state index in [0.29, 0.717) is 5.88 Å². The smallest absolute Gasteiger partial charge is 0.147 e. The van der Waals surface area contributed by atoms with Crippen LogP contribution in [-0.2, 0) is 5.88 Å². The Morgan fingerprint density at radius 3 is 2.67 bits per heavy atom. The zero-order chi connectivity index (χ0) is 10.9. The van der Waals surface area contributed by atoms with E-state index in [9.17, 15) is 0 Å². The minimum Gasteiger partial charge on any atom is -0.350 e. The lowest BCUT2D eigenvalue weighted by atomic mass is 10.0. The van der Waals surface area contributed by atoms with Crippen molar-refractivity contribution in [3.63, 3.8) is 0 Å². The van der Waals surface area contributed by atoms with Gasteiger partial charge in [0.1, 0.15) is 5.82 Å².